The van der Waals surface area contributed by atoms with Gasteiger partial charge in [0, 0.05) is 34.1 Å². The molecule has 0 amide bonds. The molecular weight excluding hydrogens is 571 g/mol. The molecule has 0 bridgehead atoms. The average molecular weight is 600 g/mol. The van der Waals surface area contributed by atoms with Crippen molar-refractivity contribution in [2.24, 2.45) is 0 Å². The van der Waals surface area contributed by atoms with Gasteiger partial charge in [0.25, 0.3) is 0 Å². The zero-order valence-corrected chi connectivity index (χ0v) is 25.9. The summed E-state index contributed by atoms with van der Waals surface area (Å²) in [4.78, 5) is 15.1. The Hall–Kier alpha value is -6.19. The number of nitrogens with zero attached hydrogens (tertiary/aromatic N) is 3. The highest BCUT2D eigenvalue weighted by molar-refractivity contribution is 6.26. The third-order valence-corrected chi connectivity index (χ3v) is 9.19. The van der Waals surface area contributed by atoms with E-state index in [-0.39, 0.29) is 0 Å². The van der Waals surface area contributed by atoms with Gasteiger partial charge in [-0.05, 0) is 92.3 Å². The van der Waals surface area contributed by atoms with Crippen molar-refractivity contribution in [2.75, 3.05) is 0 Å². The van der Waals surface area contributed by atoms with Crippen molar-refractivity contribution in [1.29, 1.82) is 0 Å². The second kappa shape index (κ2) is 11.0. The van der Waals surface area contributed by atoms with Crippen LogP contribution in [0.5, 0.6) is 0 Å². The van der Waals surface area contributed by atoms with Gasteiger partial charge >= 0.3 is 0 Å². The molecule has 3 heteroatoms. The SMILES string of the molecule is Cc1ncccc1-c1cc(-c2nc(-c3ccccc3)cc(-c3ccccc3)n2)cc(-c2cc3cccc4ccc5cccc2c5c43)c1. The fraction of sp³-hybridized carbons (Fsp3) is 0.0227. The van der Waals surface area contributed by atoms with E-state index in [4.69, 9.17) is 9.97 Å². The Morgan fingerprint density at radius 2 is 1.00 bits per heavy atom. The van der Waals surface area contributed by atoms with Crippen LogP contribution in [0.2, 0.25) is 0 Å². The largest absolute Gasteiger partial charge is 0.261 e. The normalized spacial score (nSPS) is 11.5. The molecule has 0 radical (unpaired) electrons. The third kappa shape index (κ3) is 4.72. The van der Waals surface area contributed by atoms with E-state index >= 15 is 0 Å². The third-order valence-electron chi connectivity index (χ3n) is 9.19. The second-order valence-electron chi connectivity index (χ2n) is 12.1. The van der Waals surface area contributed by atoms with Crippen LogP contribution in [0.25, 0.3) is 88.5 Å². The maximum Gasteiger partial charge on any atom is 0.160 e. The van der Waals surface area contributed by atoms with Crippen molar-refractivity contribution in [3.63, 3.8) is 0 Å². The van der Waals surface area contributed by atoms with E-state index in [9.17, 15) is 0 Å². The van der Waals surface area contributed by atoms with Gasteiger partial charge in [-0.2, -0.15) is 0 Å². The molecular formula is C44H29N3. The molecule has 0 atom stereocenters. The van der Waals surface area contributed by atoms with Gasteiger partial charge in [-0.1, -0.05) is 115 Å². The number of hydrogen-bond donors (Lipinski definition) is 0. The summed E-state index contributed by atoms with van der Waals surface area (Å²) in [5.41, 5.74) is 10.3. The number of benzene rings is 7. The lowest BCUT2D eigenvalue weighted by Gasteiger charge is -2.17. The Kier molecular flexibility index (Phi) is 6.36. The van der Waals surface area contributed by atoms with Crippen molar-refractivity contribution in [2.45, 2.75) is 6.92 Å². The van der Waals surface area contributed by atoms with E-state index in [2.05, 4.69) is 145 Å². The van der Waals surface area contributed by atoms with Gasteiger partial charge in [-0.3, -0.25) is 4.98 Å². The smallest absolute Gasteiger partial charge is 0.160 e. The molecule has 9 aromatic rings. The van der Waals surface area contributed by atoms with Gasteiger partial charge < -0.3 is 0 Å². The summed E-state index contributed by atoms with van der Waals surface area (Å²) >= 11 is 0. The molecule has 2 aromatic heterocycles. The zero-order chi connectivity index (χ0) is 31.3. The van der Waals surface area contributed by atoms with Gasteiger partial charge in [-0.15, -0.1) is 0 Å². The minimum Gasteiger partial charge on any atom is -0.261 e. The lowest BCUT2D eigenvalue weighted by molar-refractivity contribution is 1.18. The Morgan fingerprint density at radius 3 is 1.68 bits per heavy atom. The minimum absolute atomic E-state index is 0.687. The Morgan fingerprint density at radius 1 is 0.404 bits per heavy atom. The number of aromatic nitrogens is 3. The van der Waals surface area contributed by atoms with Gasteiger partial charge in [0.2, 0.25) is 0 Å². The van der Waals surface area contributed by atoms with Crippen molar-refractivity contribution in [3.05, 3.63) is 164 Å². The van der Waals surface area contributed by atoms with Crippen LogP contribution in [0.1, 0.15) is 5.69 Å². The number of pyridine rings is 1. The van der Waals surface area contributed by atoms with Crippen LogP contribution < -0.4 is 0 Å². The number of hydrogen-bond acceptors (Lipinski definition) is 3. The fourth-order valence-corrected chi connectivity index (χ4v) is 6.95. The molecule has 2 heterocycles. The van der Waals surface area contributed by atoms with Gasteiger partial charge in [-0.25, -0.2) is 9.97 Å². The molecule has 0 unspecified atom stereocenters. The molecule has 9 rings (SSSR count). The highest BCUT2D eigenvalue weighted by Gasteiger charge is 2.17. The zero-order valence-electron chi connectivity index (χ0n) is 25.9. The summed E-state index contributed by atoms with van der Waals surface area (Å²) in [6.07, 6.45) is 1.85. The molecule has 0 fully saturated rings. The molecule has 0 aliphatic heterocycles. The maximum atomic E-state index is 5.20. The van der Waals surface area contributed by atoms with Crippen molar-refractivity contribution in [3.8, 4) is 56.2 Å². The van der Waals surface area contributed by atoms with E-state index in [1.165, 1.54) is 37.9 Å². The van der Waals surface area contributed by atoms with Crippen LogP contribution in [0, 0.1) is 6.92 Å². The molecule has 0 aliphatic rings. The van der Waals surface area contributed by atoms with Crippen LogP contribution in [-0.2, 0) is 0 Å². The number of aryl methyl sites for hydroxylation is 1. The van der Waals surface area contributed by atoms with Gasteiger partial charge in [0.15, 0.2) is 5.82 Å². The quantitative estimate of drug-likeness (QED) is 0.185. The first kappa shape index (κ1) is 27.1. The van der Waals surface area contributed by atoms with Gasteiger partial charge in [0.1, 0.15) is 0 Å². The lowest BCUT2D eigenvalue weighted by Crippen LogP contribution is -1.97. The van der Waals surface area contributed by atoms with Crippen molar-refractivity contribution < 1.29 is 0 Å². The molecule has 0 aliphatic carbocycles. The first-order valence-electron chi connectivity index (χ1n) is 15.9. The molecule has 7 aromatic carbocycles. The second-order valence-corrected chi connectivity index (χ2v) is 12.1. The first-order chi connectivity index (χ1) is 23.2. The lowest BCUT2D eigenvalue weighted by atomic mass is 9.87. The minimum atomic E-state index is 0.687. The summed E-state index contributed by atoms with van der Waals surface area (Å²) < 4.78 is 0. The van der Waals surface area contributed by atoms with Crippen LogP contribution in [0.15, 0.2) is 158 Å². The molecule has 47 heavy (non-hydrogen) atoms. The Labute approximate surface area is 273 Å². The molecule has 0 saturated heterocycles. The predicted molar refractivity (Wildman–Crippen MR) is 195 cm³/mol. The Balaban J connectivity index is 1.34. The van der Waals surface area contributed by atoms with E-state index in [0.29, 0.717) is 5.82 Å². The standard InChI is InChI=1S/C44H29N3/c1-28-37(19-10-22-45-28)34-23-35(39-26-33-17-8-15-31-20-21-32-16-9-18-38(39)43(32)42(31)33)25-36(24-34)44-46-40(29-11-4-2-5-12-29)27-41(47-44)30-13-6-3-7-14-30/h2-27H,1H3. The van der Waals surface area contributed by atoms with E-state index in [1.54, 1.807) is 0 Å². The Bertz CT molecular complexity index is 2510. The molecule has 0 spiro atoms. The van der Waals surface area contributed by atoms with Crippen molar-refractivity contribution in [1.82, 2.24) is 15.0 Å². The highest BCUT2D eigenvalue weighted by Crippen LogP contribution is 2.42. The van der Waals surface area contributed by atoms with Gasteiger partial charge in [0.05, 0.1) is 11.4 Å². The summed E-state index contributed by atoms with van der Waals surface area (Å²) in [6, 6.07) is 53.8. The summed E-state index contributed by atoms with van der Waals surface area (Å²) in [6.45, 7) is 2.07. The molecule has 3 nitrogen and oxygen atoms in total. The molecule has 0 saturated carbocycles. The number of rotatable bonds is 5. The monoisotopic (exact) mass is 599 g/mol. The average Bonchev–Trinajstić information content (AvgIpc) is 3.14. The maximum absolute atomic E-state index is 5.20. The highest BCUT2D eigenvalue weighted by atomic mass is 14.9. The summed E-state index contributed by atoms with van der Waals surface area (Å²) in [5.74, 6) is 0.687. The molecule has 220 valence electrons. The van der Waals surface area contributed by atoms with Crippen LogP contribution >= 0.6 is 0 Å². The van der Waals surface area contributed by atoms with E-state index < -0.39 is 0 Å². The van der Waals surface area contributed by atoms with Crippen molar-refractivity contribution >= 4 is 32.3 Å². The predicted octanol–water partition coefficient (Wildman–Crippen LogP) is 11.4. The summed E-state index contributed by atoms with van der Waals surface area (Å²) in [5, 5.41) is 7.60. The van der Waals surface area contributed by atoms with Crippen LogP contribution in [-0.4, -0.2) is 15.0 Å². The topological polar surface area (TPSA) is 38.7 Å². The van der Waals surface area contributed by atoms with Crippen LogP contribution in [0.4, 0.5) is 0 Å². The summed E-state index contributed by atoms with van der Waals surface area (Å²) in [7, 11) is 0. The fourth-order valence-electron chi connectivity index (χ4n) is 6.95. The van der Waals surface area contributed by atoms with E-state index in [0.717, 1.165) is 50.5 Å². The van der Waals surface area contributed by atoms with E-state index in [1.807, 2.05) is 24.4 Å². The molecule has 0 N–H and O–H groups in total. The van der Waals surface area contributed by atoms with Crippen LogP contribution in [0.3, 0.4) is 0 Å². The first-order valence-corrected chi connectivity index (χ1v) is 15.9.